The Morgan fingerprint density at radius 1 is 1.41 bits per heavy atom. The van der Waals surface area contributed by atoms with Crippen molar-refractivity contribution in [1.82, 2.24) is 20.0 Å². The number of carbonyl (C=O) groups is 2. The summed E-state index contributed by atoms with van der Waals surface area (Å²) in [5, 5.41) is 17.2. The zero-order chi connectivity index (χ0) is 21.9. The van der Waals surface area contributed by atoms with Crippen LogP contribution in [0, 0.1) is 0 Å². The number of nitrogens with two attached hydrogens (primary N) is 1. The summed E-state index contributed by atoms with van der Waals surface area (Å²) in [6.45, 7) is 2.84. The van der Waals surface area contributed by atoms with E-state index in [1.54, 1.807) is 46.3 Å². The van der Waals surface area contributed by atoms with Gasteiger partial charge in [-0.3, -0.25) is 14.3 Å². The second kappa shape index (κ2) is 8.75. The average molecular weight is 422 g/mol. The Morgan fingerprint density at radius 2 is 2.07 bits per heavy atom. The predicted octanol–water partition coefficient (Wildman–Crippen LogP) is 0.641. The second-order valence-corrected chi connectivity index (χ2v) is 7.75. The third-order valence-electron chi connectivity index (χ3n) is 4.43. The van der Waals surface area contributed by atoms with Crippen LogP contribution in [0.25, 0.3) is 10.9 Å². The van der Waals surface area contributed by atoms with Gasteiger partial charge in [0.2, 0.25) is 5.91 Å². The van der Waals surface area contributed by atoms with Crippen molar-refractivity contribution in [2.75, 3.05) is 27.3 Å². The Labute approximate surface area is 174 Å². The molecule has 0 spiro atoms. The molecule has 0 bridgehead atoms. The van der Waals surface area contributed by atoms with E-state index in [0.29, 0.717) is 27.3 Å². The topological polar surface area (TPSA) is 123 Å². The monoisotopic (exact) mass is 421 g/mol. The molecule has 158 valence electrons. The van der Waals surface area contributed by atoms with E-state index in [0.717, 1.165) is 0 Å². The summed E-state index contributed by atoms with van der Waals surface area (Å²) in [6, 6.07) is 5.15. The van der Waals surface area contributed by atoms with Crippen LogP contribution in [0.3, 0.4) is 0 Å². The molecule has 2 amide bonds. The zero-order valence-corrected chi connectivity index (χ0v) is 18.1. The number of nitrogens with one attached hydrogen (secondary N) is 1. The van der Waals surface area contributed by atoms with E-state index in [4.69, 9.17) is 10.5 Å². The minimum absolute atomic E-state index is 0.193. The summed E-state index contributed by atoms with van der Waals surface area (Å²) in [7, 11) is 4.74. The number of hydrogen-bond donors (Lipinski definition) is 4. The number of allylic oxidation sites excluding steroid dienone is 1. The molecule has 9 nitrogen and oxygen atoms in total. The van der Waals surface area contributed by atoms with E-state index in [1.807, 2.05) is 0 Å². The summed E-state index contributed by atoms with van der Waals surface area (Å²) >= 11 is 4.27. The molecular weight excluding hydrogens is 394 g/mol. The van der Waals surface area contributed by atoms with Crippen molar-refractivity contribution in [2.45, 2.75) is 19.4 Å². The summed E-state index contributed by atoms with van der Waals surface area (Å²) < 4.78 is 7.12. The third-order valence-corrected chi connectivity index (χ3v) is 4.92. The van der Waals surface area contributed by atoms with Gasteiger partial charge in [0.15, 0.2) is 0 Å². The van der Waals surface area contributed by atoms with E-state index in [9.17, 15) is 14.7 Å². The number of carbonyl (C=O) groups excluding carboxylic acids is 2. The largest absolute Gasteiger partial charge is 0.488 e. The molecule has 2 rings (SSSR count). The number of nitrogens with zero attached hydrogens (tertiary/aromatic N) is 3. The number of thiol groups is 1. The third kappa shape index (κ3) is 4.83. The van der Waals surface area contributed by atoms with Crippen LogP contribution in [0.5, 0.6) is 5.75 Å². The standard InChI is InChI=1S/C19H27N5O4S/c1-11(20)15(29)9-28-12-6-7-14-13(8-12)16(24(5)22-14)17(26)21-19(2,10-25)18(27)23(3)4/h6-8,25,29H,9-10,20H2,1-5H3,(H,21,26)/b15-11-. The molecule has 0 fully saturated rings. The van der Waals surface area contributed by atoms with Gasteiger partial charge >= 0.3 is 0 Å². The van der Waals surface area contributed by atoms with Crippen LogP contribution in [0.15, 0.2) is 28.8 Å². The van der Waals surface area contributed by atoms with Crippen molar-refractivity contribution in [3.8, 4) is 5.75 Å². The molecule has 0 saturated heterocycles. The summed E-state index contributed by atoms with van der Waals surface area (Å²) in [6.07, 6.45) is 0. The molecule has 1 aromatic heterocycles. The molecule has 29 heavy (non-hydrogen) atoms. The van der Waals surface area contributed by atoms with E-state index >= 15 is 0 Å². The molecule has 4 N–H and O–H groups in total. The number of likely N-dealkylation sites (N-methyl/N-ethyl adjacent to an activating group) is 1. The first kappa shape index (κ1) is 22.6. The lowest BCUT2D eigenvalue weighted by Gasteiger charge is -2.30. The highest BCUT2D eigenvalue weighted by atomic mass is 32.1. The first-order valence-corrected chi connectivity index (χ1v) is 9.33. The van der Waals surface area contributed by atoms with Gasteiger partial charge in [-0.25, -0.2) is 0 Å². The first-order valence-electron chi connectivity index (χ1n) is 8.89. The fourth-order valence-electron chi connectivity index (χ4n) is 2.77. The molecule has 0 aliphatic carbocycles. The molecule has 1 atom stereocenters. The van der Waals surface area contributed by atoms with Gasteiger partial charge in [0.1, 0.15) is 23.6 Å². The lowest BCUT2D eigenvalue weighted by Crippen LogP contribution is -2.59. The molecule has 1 heterocycles. The highest BCUT2D eigenvalue weighted by molar-refractivity contribution is 7.84. The Kier molecular flexibility index (Phi) is 6.81. The smallest absolute Gasteiger partial charge is 0.271 e. The van der Waals surface area contributed by atoms with Crippen molar-refractivity contribution < 1.29 is 19.4 Å². The van der Waals surface area contributed by atoms with Crippen LogP contribution >= 0.6 is 12.6 Å². The normalized spacial score (nSPS) is 14.2. The Balaban J connectivity index is 2.37. The highest BCUT2D eigenvalue weighted by Gasteiger charge is 2.36. The maximum absolute atomic E-state index is 13.0. The molecule has 0 saturated carbocycles. The summed E-state index contributed by atoms with van der Waals surface area (Å²) in [5.41, 5.74) is 5.61. The van der Waals surface area contributed by atoms with Crippen LogP contribution < -0.4 is 15.8 Å². The van der Waals surface area contributed by atoms with Gasteiger partial charge in [0.05, 0.1) is 12.1 Å². The van der Waals surface area contributed by atoms with Crippen molar-refractivity contribution in [3.05, 3.63) is 34.5 Å². The summed E-state index contributed by atoms with van der Waals surface area (Å²) in [4.78, 5) is 27.3. The lowest BCUT2D eigenvalue weighted by atomic mass is 10.0. The van der Waals surface area contributed by atoms with Crippen LogP contribution in [-0.2, 0) is 11.8 Å². The number of fused-ring (bicyclic) bond motifs is 1. The number of amides is 2. The lowest BCUT2D eigenvalue weighted by molar-refractivity contribution is -0.136. The predicted molar refractivity (Wildman–Crippen MR) is 114 cm³/mol. The van der Waals surface area contributed by atoms with Crippen molar-refractivity contribution >= 4 is 35.3 Å². The molecule has 0 radical (unpaired) electrons. The minimum atomic E-state index is -1.46. The van der Waals surface area contributed by atoms with Crippen LogP contribution in [0.1, 0.15) is 24.3 Å². The number of ether oxygens (including phenoxy) is 1. The second-order valence-electron chi connectivity index (χ2n) is 7.21. The van der Waals surface area contributed by atoms with E-state index < -0.39 is 24.0 Å². The minimum Gasteiger partial charge on any atom is -0.488 e. The van der Waals surface area contributed by atoms with E-state index in [1.165, 1.54) is 16.5 Å². The van der Waals surface area contributed by atoms with Gasteiger partial charge in [-0.1, -0.05) is 0 Å². The van der Waals surface area contributed by atoms with Gasteiger partial charge in [0.25, 0.3) is 5.91 Å². The number of hydrogen-bond acceptors (Lipinski definition) is 7. The maximum atomic E-state index is 13.0. The fourth-order valence-corrected chi connectivity index (χ4v) is 2.83. The van der Waals surface area contributed by atoms with Crippen molar-refractivity contribution in [2.24, 2.45) is 12.8 Å². The van der Waals surface area contributed by atoms with Gasteiger partial charge in [-0.2, -0.15) is 5.10 Å². The summed E-state index contributed by atoms with van der Waals surface area (Å²) in [5.74, 6) is -0.442. The zero-order valence-electron chi connectivity index (χ0n) is 17.2. The molecule has 0 aliphatic heterocycles. The van der Waals surface area contributed by atoms with Crippen molar-refractivity contribution in [1.29, 1.82) is 0 Å². The van der Waals surface area contributed by atoms with Gasteiger partial charge in [0, 0.05) is 37.1 Å². The first-order chi connectivity index (χ1) is 13.5. The Hall–Kier alpha value is -2.72. The molecule has 1 aromatic carbocycles. The number of aryl methyl sites for hydroxylation is 1. The quantitative estimate of drug-likeness (QED) is 0.487. The van der Waals surface area contributed by atoms with Gasteiger partial charge in [-0.05, 0) is 32.0 Å². The molecule has 1 unspecified atom stereocenters. The molecule has 0 aliphatic rings. The van der Waals surface area contributed by atoms with E-state index in [2.05, 4.69) is 23.0 Å². The number of aliphatic hydroxyl groups excluding tert-OH is 1. The highest BCUT2D eigenvalue weighted by Crippen LogP contribution is 2.25. The average Bonchev–Trinajstić information content (AvgIpc) is 2.99. The fraction of sp³-hybridized carbons (Fsp3) is 0.421. The maximum Gasteiger partial charge on any atom is 0.271 e. The number of aliphatic hydroxyl groups is 1. The molecule has 2 aromatic rings. The van der Waals surface area contributed by atoms with E-state index in [-0.39, 0.29) is 12.3 Å². The SMILES string of the molecule is C/C(N)=C(/S)COc1ccc2nn(C)c(C(=O)NC(C)(CO)C(=O)N(C)C)c2c1. The molecule has 10 heteroatoms. The van der Waals surface area contributed by atoms with Crippen LogP contribution in [-0.4, -0.2) is 64.4 Å². The van der Waals surface area contributed by atoms with Gasteiger partial charge < -0.3 is 25.8 Å². The van der Waals surface area contributed by atoms with Crippen LogP contribution in [0.2, 0.25) is 0 Å². The number of aromatic nitrogens is 2. The Morgan fingerprint density at radius 3 is 2.62 bits per heavy atom. The number of rotatable bonds is 7. The Bertz CT molecular complexity index is 965. The van der Waals surface area contributed by atoms with Crippen LogP contribution in [0.4, 0.5) is 0 Å². The number of benzene rings is 1. The molecular formula is C19H27N5O4S. The van der Waals surface area contributed by atoms with Gasteiger partial charge in [-0.15, -0.1) is 12.6 Å². The van der Waals surface area contributed by atoms with Crippen molar-refractivity contribution in [3.63, 3.8) is 0 Å².